The second kappa shape index (κ2) is 2.86. The number of rotatable bonds is 2. The van der Waals surface area contributed by atoms with Gasteiger partial charge >= 0.3 is 0 Å². The van der Waals surface area contributed by atoms with E-state index >= 15 is 0 Å². The number of hydrogen-bond donors (Lipinski definition) is 0. The van der Waals surface area contributed by atoms with Crippen LogP contribution in [0.2, 0.25) is 0 Å². The molecule has 3 heteroatoms. The lowest BCUT2D eigenvalue weighted by Crippen LogP contribution is -1.97. The van der Waals surface area contributed by atoms with Gasteiger partial charge in [0.05, 0.1) is 6.26 Å². The van der Waals surface area contributed by atoms with E-state index in [1.807, 2.05) is 12.1 Å². The topological polar surface area (TPSA) is 47.3 Å². The first kappa shape index (κ1) is 7.73. The van der Waals surface area contributed by atoms with Crippen molar-refractivity contribution in [2.75, 3.05) is 0 Å². The Morgan fingerprint density at radius 1 is 1.31 bits per heavy atom. The van der Waals surface area contributed by atoms with Crippen molar-refractivity contribution in [3.05, 3.63) is 36.3 Å². The maximum atomic E-state index is 11.0. The highest BCUT2D eigenvalue weighted by molar-refractivity contribution is 6.35. The predicted molar refractivity (Wildman–Crippen MR) is 46.6 cm³/mol. The summed E-state index contributed by atoms with van der Waals surface area (Å²) in [6, 6.07) is 7.20. The van der Waals surface area contributed by atoms with Crippen molar-refractivity contribution in [1.82, 2.24) is 0 Å². The Morgan fingerprint density at radius 3 is 2.85 bits per heavy atom. The van der Waals surface area contributed by atoms with Gasteiger partial charge in [0.15, 0.2) is 12.0 Å². The summed E-state index contributed by atoms with van der Waals surface area (Å²) in [6.45, 7) is 0. The molecular formula is C10H6O3. The fourth-order valence-corrected chi connectivity index (χ4v) is 1.24. The molecule has 1 heterocycles. The fourth-order valence-electron chi connectivity index (χ4n) is 1.24. The molecule has 64 valence electrons. The molecular weight excluding hydrogens is 168 g/mol. The molecule has 0 radical (unpaired) electrons. The van der Waals surface area contributed by atoms with Crippen LogP contribution in [0.3, 0.4) is 0 Å². The van der Waals surface area contributed by atoms with Crippen LogP contribution < -0.4 is 0 Å². The molecule has 0 atom stereocenters. The molecule has 0 aliphatic heterocycles. The molecule has 3 nitrogen and oxygen atoms in total. The maximum absolute atomic E-state index is 11.0. The number of carbonyl (C=O) groups is 2. The number of Topliss-reactive ketones (excluding diaryl/α,β-unsaturated/α-hetero) is 1. The third-order valence-electron chi connectivity index (χ3n) is 1.84. The number of benzene rings is 1. The molecule has 2 aromatic rings. The minimum Gasteiger partial charge on any atom is -0.459 e. The molecule has 1 aromatic heterocycles. The molecule has 0 N–H and O–H groups in total. The van der Waals surface area contributed by atoms with Gasteiger partial charge < -0.3 is 4.42 Å². The lowest BCUT2D eigenvalue weighted by atomic mass is 10.1. The first-order valence-corrected chi connectivity index (χ1v) is 3.78. The Morgan fingerprint density at radius 2 is 2.08 bits per heavy atom. The zero-order valence-electron chi connectivity index (χ0n) is 6.69. The van der Waals surface area contributed by atoms with Crippen LogP contribution >= 0.6 is 0 Å². The van der Waals surface area contributed by atoms with Gasteiger partial charge in [-0.05, 0) is 0 Å². The van der Waals surface area contributed by atoms with E-state index in [9.17, 15) is 9.59 Å². The van der Waals surface area contributed by atoms with E-state index < -0.39 is 5.78 Å². The Kier molecular flexibility index (Phi) is 1.70. The summed E-state index contributed by atoms with van der Waals surface area (Å²) in [7, 11) is 0. The van der Waals surface area contributed by atoms with E-state index in [1.54, 1.807) is 12.1 Å². The standard InChI is InChI=1S/C10H6O3/c11-5-9(12)10-8-4-2-1-3-7(8)6-13-10/h1-6H. The van der Waals surface area contributed by atoms with Gasteiger partial charge in [0.1, 0.15) is 0 Å². The SMILES string of the molecule is O=CC(=O)c1occ2ccccc12. The number of furan rings is 1. The molecule has 2 rings (SSSR count). The van der Waals surface area contributed by atoms with Crippen LogP contribution in [0.1, 0.15) is 10.6 Å². The Labute approximate surface area is 74.0 Å². The van der Waals surface area contributed by atoms with Crippen LogP contribution in [-0.2, 0) is 4.79 Å². The number of fused-ring (bicyclic) bond motifs is 1. The second-order valence-corrected chi connectivity index (χ2v) is 2.63. The molecule has 0 spiro atoms. The second-order valence-electron chi connectivity index (χ2n) is 2.63. The van der Waals surface area contributed by atoms with Gasteiger partial charge in [0, 0.05) is 10.8 Å². The molecule has 0 saturated heterocycles. The number of carbonyl (C=O) groups excluding carboxylic acids is 2. The smallest absolute Gasteiger partial charge is 0.261 e. The van der Waals surface area contributed by atoms with Crippen molar-refractivity contribution in [2.24, 2.45) is 0 Å². The molecule has 0 unspecified atom stereocenters. The predicted octanol–water partition coefficient (Wildman–Crippen LogP) is 1.81. The molecule has 0 bridgehead atoms. The van der Waals surface area contributed by atoms with Crippen molar-refractivity contribution in [1.29, 1.82) is 0 Å². The van der Waals surface area contributed by atoms with Gasteiger partial charge in [-0.2, -0.15) is 0 Å². The highest BCUT2D eigenvalue weighted by atomic mass is 16.3. The number of aldehydes is 1. The van der Waals surface area contributed by atoms with Crippen molar-refractivity contribution in [2.45, 2.75) is 0 Å². The van der Waals surface area contributed by atoms with Gasteiger partial charge in [-0.3, -0.25) is 9.59 Å². The monoisotopic (exact) mass is 174 g/mol. The summed E-state index contributed by atoms with van der Waals surface area (Å²) in [6.07, 6.45) is 1.72. The Hall–Kier alpha value is -1.90. The van der Waals surface area contributed by atoms with Gasteiger partial charge in [-0.1, -0.05) is 24.3 Å². The summed E-state index contributed by atoms with van der Waals surface area (Å²) >= 11 is 0. The van der Waals surface area contributed by atoms with Crippen molar-refractivity contribution in [3.8, 4) is 0 Å². The largest absolute Gasteiger partial charge is 0.459 e. The average Bonchev–Trinajstić information content (AvgIpc) is 2.60. The van der Waals surface area contributed by atoms with Gasteiger partial charge in [-0.15, -0.1) is 0 Å². The number of hydrogen-bond acceptors (Lipinski definition) is 3. The lowest BCUT2D eigenvalue weighted by Gasteiger charge is -1.88. The summed E-state index contributed by atoms with van der Waals surface area (Å²) < 4.78 is 4.99. The molecule has 0 aliphatic carbocycles. The molecule has 13 heavy (non-hydrogen) atoms. The molecule has 1 aromatic carbocycles. The highest BCUT2D eigenvalue weighted by Gasteiger charge is 2.12. The Bertz CT molecular complexity index is 468. The minimum atomic E-state index is -0.624. The van der Waals surface area contributed by atoms with Crippen molar-refractivity contribution in [3.63, 3.8) is 0 Å². The molecule has 0 amide bonds. The van der Waals surface area contributed by atoms with E-state index in [0.29, 0.717) is 5.39 Å². The van der Waals surface area contributed by atoms with Gasteiger partial charge in [-0.25, -0.2) is 0 Å². The molecule has 0 fully saturated rings. The van der Waals surface area contributed by atoms with Crippen LogP contribution in [0.5, 0.6) is 0 Å². The summed E-state index contributed by atoms with van der Waals surface area (Å²) in [5, 5.41) is 1.51. The third-order valence-corrected chi connectivity index (χ3v) is 1.84. The van der Waals surface area contributed by atoms with E-state index in [2.05, 4.69) is 0 Å². The molecule has 0 saturated carbocycles. The van der Waals surface area contributed by atoms with E-state index in [-0.39, 0.29) is 12.0 Å². The highest BCUT2D eigenvalue weighted by Crippen LogP contribution is 2.20. The van der Waals surface area contributed by atoms with Gasteiger partial charge in [0.2, 0.25) is 0 Å². The van der Waals surface area contributed by atoms with Gasteiger partial charge in [0.25, 0.3) is 5.78 Å². The average molecular weight is 174 g/mol. The summed E-state index contributed by atoms with van der Waals surface area (Å²) in [5.41, 5.74) is 0. The van der Waals surface area contributed by atoms with Crippen LogP contribution in [0, 0.1) is 0 Å². The van der Waals surface area contributed by atoms with Crippen LogP contribution in [0.4, 0.5) is 0 Å². The summed E-state index contributed by atoms with van der Waals surface area (Å²) in [5.74, 6) is -0.508. The van der Waals surface area contributed by atoms with E-state index in [0.717, 1.165) is 5.39 Å². The number of ketones is 1. The molecule has 0 aliphatic rings. The Balaban J connectivity index is 2.71. The van der Waals surface area contributed by atoms with E-state index in [1.165, 1.54) is 6.26 Å². The third kappa shape index (κ3) is 1.14. The summed E-state index contributed by atoms with van der Waals surface area (Å²) in [4.78, 5) is 21.3. The maximum Gasteiger partial charge on any atom is 0.261 e. The zero-order valence-corrected chi connectivity index (χ0v) is 6.69. The normalized spacial score (nSPS) is 10.2. The first-order chi connectivity index (χ1) is 6.33. The van der Waals surface area contributed by atoms with Crippen LogP contribution in [0.25, 0.3) is 10.8 Å². The van der Waals surface area contributed by atoms with Crippen LogP contribution in [0.15, 0.2) is 34.9 Å². The lowest BCUT2D eigenvalue weighted by molar-refractivity contribution is -0.104. The minimum absolute atomic E-state index is 0.116. The van der Waals surface area contributed by atoms with Crippen LogP contribution in [-0.4, -0.2) is 12.1 Å². The van der Waals surface area contributed by atoms with E-state index in [4.69, 9.17) is 4.42 Å². The zero-order chi connectivity index (χ0) is 9.26. The van der Waals surface area contributed by atoms with Crippen molar-refractivity contribution < 1.29 is 14.0 Å². The van der Waals surface area contributed by atoms with Crippen molar-refractivity contribution >= 4 is 22.8 Å². The first-order valence-electron chi connectivity index (χ1n) is 3.78. The fraction of sp³-hybridized carbons (Fsp3) is 0. The quantitative estimate of drug-likeness (QED) is 0.396.